The molecule has 4 saturated carbocycles. The first-order chi connectivity index (χ1) is 10.3. The average molecular weight is 304 g/mol. The first-order valence-corrected chi connectivity index (χ1v) is 8.91. The SMILES string of the molecule is CC(C)[C@](C)(C#N)NC(=O)C[NH2+]C12CC3CC(CC(C3)C1)C2. The molecule has 4 nitrogen and oxygen atoms in total. The lowest BCUT2D eigenvalue weighted by Gasteiger charge is -2.54. The molecule has 0 spiro atoms. The van der Waals surface area contributed by atoms with Crippen LogP contribution in [-0.4, -0.2) is 23.5 Å². The second kappa shape index (κ2) is 5.53. The molecule has 4 aliphatic carbocycles. The van der Waals surface area contributed by atoms with Gasteiger partial charge in [-0.05, 0) is 49.9 Å². The van der Waals surface area contributed by atoms with E-state index >= 15 is 0 Å². The quantitative estimate of drug-likeness (QED) is 0.809. The Morgan fingerprint density at radius 3 is 2.18 bits per heavy atom. The zero-order chi connectivity index (χ0) is 16.0. The highest BCUT2D eigenvalue weighted by Gasteiger charge is 2.53. The zero-order valence-corrected chi connectivity index (χ0v) is 14.2. The molecule has 0 aromatic carbocycles. The van der Waals surface area contributed by atoms with Crippen LogP contribution in [-0.2, 0) is 4.79 Å². The molecule has 0 aromatic rings. The molecule has 22 heavy (non-hydrogen) atoms. The first-order valence-electron chi connectivity index (χ1n) is 8.91. The van der Waals surface area contributed by atoms with Crippen molar-refractivity contribution in [3.63, 3.8) is 0 Å². The van der Waals surface area contributed by atoms with Gasteiger partial charge in [-0.15, -0.1) is 0 Å². The average Bonchev–Trinajstić information content (AvgIpc) is 2.43. The summed E-state index contributed by atoms with van der Waals surface area (Å²) < 4.78 is 0. The fourth-order valence-electron chi connectivity index (χ4n) is 5.38. The Morgan fingerprint density at radius 2 is 1.77 bits per heavy atom. The van der Waals surface area contributed by atoms with Gasteiger partial charge in [0.2, 0.25) is 0 Å². The minimum atomic E-state index is -0.758. The van der Waals surface area contributed by atoms with Crippen LogP contribution >= 0.6 is 0 Å². The van der Waals surface area contributed by atoms with E-state index in [9.17, 15) is 10.1 Å². The monoisotopic (exact) mass is 304 g/mol. The fraction of sp³-hybridized carbons (Fsp3) is 0.889. The third-order valence-electron chi connectivity index (χ3n) is 6.59. The third-order valence-corrected chi connectivity index (χ3v) is 6.59. The van der Waals surface area contributed by atoms with Crippen LogP contribution in [0.1, 0.15) is 59.3 Å². The maximum Gasteiger partial charge on any atom is 0.276 e. The van der Waals surface area contributed by atoms with E-state index in [4.69, 9.17) is 0 Å². The van der Waals surface area contributed by atoms with Crippen LogP contribution in [0, 0.1) is 35.0 Å². The maximum absolute atomic E-state index is 12.3. The van der Waals surface area contributed by atoms with E-state index in [2.05, 4.69) is 16.7 Å². The van der Waals surface area contributed by atoms with Gasteiger partial charge in [-0.25, -0.2) is 0 Å². The summed E-state index contributed by atoms with van der Waals surface area (Å²) in [6.07, 6.45) is 8.18. The van der Waals surface area contributed by atoms with Gasteiger partial charge in [0, 0.05) is 19.3 Å². The second-order valence-electron chi connectivity index (χ2n) is 8.71. The predicted molar refractivity (Wildman–Crippen MR) is 84.7 cm³/mol. The highest BCUT2D eigenvalue weighted by Crippen LogP contribution is 2.54. The zero-order valence-electron chi connectivity index (χ0n) is 14.2. The van der Waals surface area contributed by atoms with Crippen molar-refractivity contribution in [1.29, 1.82) is 5.26 Å². The Bertz CT molecular complexity index is 458. The molecule has 0 aromatic heterocycles. The number of hydrogen-bond acceptors (Lipinski definition) is 2. The van der Waals surface area contributed by atoms with Gasteiger partial charge >= 0.3 is 0 Å². The summed E-state index contributed by atoms with van der Waals surface area (Å²) in [6, 6.07) is 2.26. The van der Waals surface area contributed by atoms with Crippen LogP contribution in [0.25, 0.3) is 0 Å². The second-order valence-corrected chi connectivity index (χ2v) is 8.71. The standard InChI is InChI=1S/C18H29N3O/c1-12(2)17(3,11-19)21-16(22)10-20-18-7-13-4-14(8-18)6-15(5-13)9-18/h12-15,20H,4-10H2,1-3H3,(H,21,22)/p+1/t13?,14?,15?,17-,18?/m0/s1. The minimum Gasteiger partial charge on any atom is -0.334 e. The molecule has 4 aliphatic rings. The number of rotatable bonds is 5. The number of nitrogens with two attached hydrogens (primary N) is 1. The largest absolute Gasteiger partial charge is 0.334 e. The molecule has 4 fully saturated rings. The summed E-state index contributed by atoms with van der Waals surface area (Å²) >= 11 is 0. The minimum absolute atomic E-state index is 0.00787. The number of amides is 1. The molecule has 4 rings (SSSR count). The van der Waals surface area contributed by atoms with Gasteiger partial charge in [0.25, 0.3) is 5.91 Å². The van der Waals surface area contributed by atoms with Gasteiger partial charge in [0.15, 0.2) is 6.54 Å². The summed E-state index contributed by atoms with van der Waals surface area (Å²) in [5.41, 5.74) is -0.431. The normalized spacial score (nSPS) is 38.6. The summed E-state index contributed by atoms with van der Waals surface area (Å²) in [7, 11) is 0. The summed E-state index contributed by atoms with van der Waals surface area (Å²) in [5, 5.41) is 14.6. The van der Waals surface area contributed by atoms with Crippen LogP contribution in [0.2, 0.25) is 0 Å². The Hall–Kier alpha value is -1.08. The van der Waals surface area contributed by atoms with Gasteiger partial charge in [-0.1, -0.05) is 13.8 Å². The van der Waals surface area contributed by atoms with E-state index in [1.165, 1.54) is 38.5 Å². The Morgan fingerprint density at radius 1 is 1.27 bits per heavy atom. The van der Waals surface area contributed by atoms with Gasteiger partial charge in [-0.2, -0.15) is 5.26 Å². The van der Waals surface area contributed by atoms with Crippen LogP contribution in [0.5, 0.6) is 0 Å². The molecular weight excluding hydrogens is 274 g/mol. The molecule has 0 radical (unpaired) electrons. The third kappa shape index (κ3) is 2.88. The van der Waals surface area contributed by atoms with Crippen LogP contribution in [0.15, 0.2) is 0 Å². The van der Waals surface area contributed by atoms with Crippen LogP contribution in [0.3, 0.4) is 0 Å². The fourth-order valence-corrected chi connectivity index (χ4v) is 5.38. The number of nitrogens with zero attached hydrogens (tertiary/aromatic N) is 1. The van der Waals surface area contributed by atoms with E-state index in [1.54, 1.807) is 0 Å². The number of quaternary nitrogens is 1. The molecule has 1 atom stereocenters. The van der Waals surface area contributed by atoms with Crippen molar-refractivity contribution in [2.75, 3.05) is 6.54 Å². The Labute approximate surface area is 134 Å². The van der Waals surface area contributed by atoms with Gasteiger partial charge in [0.05, 0.1) is 11.6 Å². The molecular formula is C18H30N3O+. The van der Waals surface area contributed by atoms with Crippen molar-refractivity contribution in [2.24, 2.45) is 23.7 Å². The van der Waals surface area contributed by atoms with Crippen molar-refractivity contribution in [1.82, 2.24) is 5.32 Å². The highest BCUT2D eigenvalue weighted by atomic mass is 16.2. The topological polar surface area (TPSA) is 69.5 Å². The number of carbonyl (C=O) groups is 1. The van der Waals surface area contributed by atoms with Crippen molar-refractivity contribution >= 4 is 5.91 Å². The summed E-state index contributed by atoms with van der Waals surface area (Å²) in [6.45, 7) is 6.25. The lowest BCUT2D eigenvalue weighted by atomic mass is 9.53. The molecule has 0 saturated heterocycles. The number of carbonyl (C=O) groups excluding carboxylic acids is 1. The lowest BCUT2D eigenvalue weighted by Crippen LogP contribution is -3.00. The smallest absolute Gasteiger partial charge is 0.276 e. The molecule has 1 amide bonds. The number of hydrogen-bond donors (Lipinski definition) is 2. The highest BCUT2D eigenvalue weighted by molar-refractivity contribution is 5.78. The Balaban J connectivity index is 1.57. The van der Waals surface area contributed by atoms with E-state index < -0.39 is 5.54 Å². The van der Waals surface area contributed by atoms with Crippen molar-refractivity contribution in [3.8, 4) is 6.07 Å². The van der Waals surface area contributed by atoms with Crippen LogP contribution < -0.4 is 10.6 Å². The predicted octanol–water partition coefficient (Wildman–Crippen LogP) is 1.57. The number of nitrogens with one attached hydrogen (secondary N) is 1. The van der Waals surface area contributed by atoms with Gasteiger partial charge < -0.3 is 10.6 Å². The lowest BCUT2D eigenvalue weighted by molar-refractivity contribution is -0.730. The van der Waals surface area contributed by atoms with Crippen molar-refractivity contribution in [3.05, 3.63) is 0 Å². The van der Waals surface area contributed by atoms with E-state index in [0.717, 1.165) is 17.8 Å². The molecule has 0 aliphatic heterocycles. The summed E-state index contributed by atoms with van der Waals surface area (Å²) in [4.78, 5) is 12.3. The molecule has 3 N–H and O–H groups in total. The van der Waals surface area contributed by atoms with E-state index in [1.807, 2.05) is 20.8 Å². The van der Waals surface area contributed by atoms with E-state index in [0.29, 0.717) is 12.1 Å². The van der Waals surface area contributed by atoms with Crippen molar-refractivity contribution in [2.45, 2.75) is 70.4 Å². The molecule has 122 valence electrons. The molecule has 0 unspecified atom stereocenters. The van der Waals surface area contributed by atoms with Gasteiger partial charge in [0.1, 0.15) is 5.54 Å². The molecule has 4 bridgehead atoms. The first kappa shape index (κ1) is 15.8. The Kier molecular flexibility index (Phi) is 3.97. The summed E-state index contributed by atoms with van der Waals surface area (Å²) in [5.74, 6) is 2.84. The maximum atomic E-state index is 12.3. The van der Waals surface area contributed by atoms with Crippen molar-refractivity contribution < 1.29 is 10.1 Å². The van der Waals surface area contributed by atoms with E-state index in [-0.39, 0.29) is 11.8 Å². The number of nitriles is 1. The molecule has 4 heteroatoms. The van der Waals surface area contributed by atoms with Gasteiger partial charge in [-0.3, -0.25) is 4.79 Å². The van der Waals surface area contributed by atoms with Crippen LogP contribution in [0.4, 0.5) is 0 Å². The molecule has 0 heterocycles.